The Morgan fingerprint density at radius 2 is 2.17 bits per heavy atom. The molecule has 1 unspecified atom stereocenters. The van der Waals surface area contributed by atoms with E-state index in [4.69, 9.17) is 4.98 Å². The average Bonchev–Trinajstić information content (AvgIpc) is 3.20. The monoisotopic (exact) mass is 324 g/mol. The summed E-state index contributed by atoms with van der Waals surface area (Å²) in [5.74, 6) is 1.13. The standard InChI is InChI=1S/C17H20N6O/c1-10-5-6-13-14(8-10)19-16(18-13)12-4-3-7-23(9-12)17(24)15-11(2)20-22-21-15/h5-6,8,12H,3-4,7,9H2,1-2H3,(H,18,19)(H,20,21,22). The Morgan fingerprint density at radius 1 is 1.29 bits per heavy atom. The number of carbonyl (C=O) groups excluding carboxylic acids is 1. The third-order valence-electron chi connectivity index (χ3n) is 4.68. The molecule has 1 aliphatic rings. The van der Waals surface area contributed by atoms with Crippen LogP contribution in [0.2, 0.25) is 0 Å². The molecular weight excluding hydrogens is 304 g/mol. The quantitative estimate of drug-likeness (QED) is 0.757. The van der Waals surface area contributed by atoms with E-state index in [2.05, 4.69) is 39.5 Å². The molecule has 0 spiro atoms. The highest BCUT2D eigenvalue weighted by molar-refractivity contribution is 5.93. The van der Waals surface area contributed by atoms with Crippen LogP contribution in [-0.4, -0.2) is 49.3 Å². The number of nitrogens with one attached hydrogen (secondary N) is 2. The third kappa shape index (κ3) is 2.55. The minimum absolute atomic E-state index is 0.0575. The first-order valence-corrected chi connectivity index (χ1v) is 8.25. The normalized spacial score (nSPS) is 18.2. The fourth-order valence-corrected chi connectivity index (χ4v) is 3.36. The molecule has 3 heterocycles. The van der Waals surface area contributed by atoms with Crippen LogP contribution in [0.4, 0.5) is 0 Å². The zero-order valence-electron chi connectivity index (χ0n) is 13.8. The van der Waals surface area contributed by atoms with E-state index in [1.54, 1.807) is 6.92 Å². The fourth-order valence-electron chi connectivity index (χ4n) is 3.36. The van der Waals surface area contributed by atoms with Gasteiger partial charge in [0, 0.05) is 19.0 Å². The number of amides is 1. The lowest BCUT2D eigenvalue weighted by atomic mass is 9.97. The number of fused-ring (bicyclic) bond motifs is 1. The van der Waals surface area contributed by atoms with Crippen molar-refractivity contribution < 1.29 is 4.79 Å². The Morgan fingerprint density at radius 3 is 2.96 bits per heavy atom. The van der Waals surface area contributed by atoms with Crippen LogP contribution in [0.15, 0.2) is 18.2 Å². The number of benzene rings is 1. The second-order valence-electron chi connectivity index (χ2n) is 6.49. The van der Waals surface area contributed by atoms with Crippen molar-refractivity contribution in [2.45, 2.75) is 32.6 Å². The summed E-state index contributed by atoms with van der Waals surface area (Å²) in [5.41, 5.74) is 4.30. The fraction of sp³-hybridized carbons (Fsp3) is 0.412. The first kappa shape index (κ1) is 14.9. The zero-order chi connectivity index (χ0) is 16.7. The van der Waals surface area contributed by atoms with Gasteiger partial charge in [0.2, 0.25) is 0 Å². The maximum Gasteiger partial charge on any atom is 0.276 e. The second kappa shape index (κ2) is 5.74. The molecular formula is C17H20N6O. The summed E-state index contributed by atoms with van der Waals surface area (Å²) in [6.07, 6.45) is 1.99. The van der Waals surface area contributed by atoms with Crippen LogP contribution in [0.3, 0.4) is 0 Å². The molecule has 1 saturated heterocycles. The molecule has 1 aromatic carbocycles. The molecule has 0 radical (unpaired) electrons. The van der Waals surface area contributed by atoms with E-state index in [1.165, 1.54) is 5.56 Å². The number of piperidine rings is 1. The lowest BCUT2D eigenvalue weighted by molar-refractivity contribution is 0.0698. The predicted molar refractivity (Wildman–Crippen MR) is 89.8 cm³/mol. The molecule has 3 aromatic rings. The molecule has 24 heavy (non-hydrogen) atoms. The van der Waals surface area contributed by atoms with Gasteiger partial charge in [0.05, 0.1) is 16.7 Å². The van der Waals surface area contributed by atoms with Crippen LogP contribution in [0, 0.1) is 13.8 Å². The summed E-state index contributed by atoms with van der Waals surface area (Å²) in [5, 5.41) is 10.4. The first-order valence-electron chi connectivity index (χ1n) is 8.25. The van der Waals surface area contributed by atoms with Gasteiger partial charge in [-0.15, -0.1) is 0 Å². The van der Waals surface area contributed by atoms with E-state index >= 15 is 0 Å². The third-order valence-corrected chi connectivity index (χ3v) is 4.68. The van der Waals surface area contributed by atoms with E-state index in [0.717, 1.165) is 36.2 Å². The number of hydrogen-bond acceptors (Lipinski definition) is 4. The molecule has 0 saturated carbocycles. The molecule has 1 fully saturated rings. The van der Waals surface area contributed by atoms with Gasteiger partial charge in [-0.1, -0.05) is 6.07 Å². The second-order valence-corrected chi connectivity index (χ2v) is 6.49. The Kier molecular flexibility index (Phi) is 3.55. The first-order chi connectivity index (χ1) is 11.6. The van der Waals surface area contributed by atoms with E-state index in [-0.39, 0.29) is 11.8 Å². The highest BCUT2D eigenvalue weighted by atomic mass is 16.2. The van der Waals surface area contributed by atoms with Gasteiger partial charge in [-0.05, 0) is 44.4 Å². The molecule has 2 N–H and O–H groups in total. The van der Waals surface area contributed by atoms with E-state index in [1.807, 2.05) is 11.0 Å². The Hall–Kier alpha value is -2.70. The highest BCUT2D eigenvalue weighted by Crippen LogP contribution is 2.27. The maximum absolute atomic E-state index is 12.6. The van der Waals surface area contributed by atoms with Crippen LogP contribution in [-0.2, 0) is 0 Å². The van der Waals surface area contributed by atoms with Gasteiger partial charge in [0.15, 0.2) is 5.69 Å². The van der Waals surface area contributed by atoms with Gasteiger partial charge in [-0.25, -0.2) is 4.98 Å². The van der Waals surface area contributed by atoms with Crippen molar-refractivity contribution in [1.29, 1.82) is 0 Å². The van der Waals surface area contributed by atoms with Crippen LogP contribution in [0.1, 0.15) is 46.3 Å². The predicted octanol–water partition coefficient (Wildman–Crippen LogP) is 2.32. The number of nitrogens with zero attached hydrogens (tertiary/aromatic N) is 4. The maximum atomic E-state index is 12.6. The summed E-state index contributed by atoms with van der Waals surface area (Å²) in [6, 6.07) is 6.21. The summed E-state index contributed by atoms with van der Waals surface area (Å²) >= 11 is 0. The smallest absolute Gasteiger partial charge is 0.276 e. The van der Waals surface area contributed by atoms with Crippen LogP contribution >= 0.6 is 0 Å². The topological polar surface area (TPSA) is 90.6 Å². The van der Waals surface area contributed by atoms with E-state index in [9.17, 15) is 4.79 Å². The summed E-state index contributed by atoms with van der Waals surface area (Å²) in [6.45, 7) is 5.27. The van der Waals surface area contributed by atoms with Gasteiger partial charge in [-0.2, -0.15) is 15.4 Å². The van der Waals surface area contributed by atoms with Gasteiger partial charge in [0.25, 0.3) is 5.91 Å². The van der Waals surface area contributed by atoms with Crippen molar-refractivity contribution >= 4 is 16.9 Å². The number of aryl methyl sites for hydroxylation is 2. The zero-order valence-corrected chi connectivity index (χ0v) is 13.8. The van der Waals surface area contributed by atoms with Crippen molar-refractivity contribution in [2.75, 3.05) is 13.1 Å². The molecule has 7 heteroatoms. The van der Waals surface area contributed by atoms with Gasteiger partial charge in [0.1, 0.15) is 5.82 Å². The molecule has 7 nitrogen and oxygen atoms in total. The number of aromatic amines is 2. The van der Waals surface area contributed by atoms with Crippen molar-refractivity contribution in [3.05, 3.63) is 41.0 Å². The molecule has 1 aliphatic heterocycles. The number of likely N-dealkylation sites (tertiary alicyclic amines) is 1. The SMILES string of the molecule is Cc1ccc2nc(C3CCCN(C(=O)c4n[nH]nc4C)C3)[nH]c2c1. The highest BCUT2D eigenvalue weighted by Gasteiger charge is 2.29. The number of hydrogen-bond donors (Lipinski definition) is 2. The molecule has 0 bridgehead atoms. The lowest BCUT2D eigenvalue weighted by Crippen LogP contribution is -2.39. The van der Waals surface area contributed by atoms with Crippen molar-refractivity contribution in [1.82, 2.24) is 30.3 Å². The molecule has 4 rings (SSSR count). The molecule has 1 amide bonds. The Bertz CT molecular complexity index is 896. The Balaban J connectivity index is 1.57. The summed E-state index contributed by atoms with van der Waals surface area (Å²) < 4.78 is 0. The largest absolute Gasteiger partial charge is 0.342 e. The lowest BCUT2D eigenvalue weighted by Gasteiger charge is -2.31. The van der Waals surface area contributed by atoms with Crippen molar-refractivity contribution in [3.8, 4) is 0 Å². The minimum atomic E-state index is -0.0575. The summed E-state index contributed by atoms with van der Waals surface area (Å²) in [4.78, 5) is 22.7. The minimum Gasteiger partial charge on any atom is -0.342 e. The van der Waals surface area contributed by atoms with Crippen molar-refractivity contribution in [3.63, 3.8) is 0 Å². The molecule has 0 aliphatic carbocycles. The van der Waals surface area contributed by atoms with Crippen LogP contribution < -0.4 is 0 Å². The van der Waals surface area contributed by atoms with Crippen LogP contribution in [0.5, 0.6) is 0 Å². The van der Waals surface area contributed by atoms with E-state index < -0.39 is 0 Å². The molecule has 2 aromatic heterocycles. The number of imidazole rings is 1. The molecule has 124 valence electrons. The van der Waals surface area contributed by atoms with Gasteiger partial charge in [-0.3, -0.25) is 4.79 Å². The number of aromatic nitrogens is 5. The number of H-pyrrole nitrogens is 2. The average molecular weight is 324 g/mol. The number of carbonyl (C=O) groups is 1. The van der Waals surface area contributed by atoms with Crippen LogP contribution in [0.25, 0.3) is 11.0 Å². The summed E-state index contributed by atoms with van der Waals surface area (Å²) in [7, 11) is 0. The van der Waals surface area contributed by atoms with Gasteiger partial charge < -0.3 is 9.88 Å². The molecule has 1 atom stereocenters. The van der Waals surface area contributed by atoms with E-state index in [0.29, 0.717) is 17.9 Å². The van der Waals surface area contributed by atoms with Gasteiger partial charge >= 0.3 is 0 Å². The number of rotatable bonds is 2. The van der Waals surface area contributed by atoms with Crippen molar-refractivity contribution in [2.24, 2.45) is 0 Å². The Labute approximate surface area is 139 Å².